The molecule has 0 aliphatic carbocycles. The molecule has 0 atom stereocenters. The lowest BCUT2D eigenvalue weighted by Crippen LogP contribution is -2.26. The van der Waals surface area contributed by atoms with E-state index in [1.165, 1.54) is 35.4 Å². The number of nitrogens with zero attached hydrogens (tertiary/aromatic N) is 2. The van der Waals surface area contributed by atoms with Gasteiger partial charge in [-0.2, -0.15) is 5.26 Å². The quantitative estimate of drug-likeness (QED) is 0.343. The zero-order valence-corrected chi connectivity index (χ0v) is 13.5. The van der Waals surface area contributed by atoms with Crippen molar-refractivity contribution in [2.24, 2.45) is 5.14 Å². The maximum Gasteiger partial charge on any atom is 0.267 e. The molecule has 0 spiro atoms. The smallest absolute Gasteiger partial charge is 0.267 e. The second-order valence-corrected chi connectivity index (χ2v) is 6.22. The van der Waals surface area contributed by atoms with Crippen molar-refractivity contribution < 1.29 is 23.4 Å². The maximum absolute atomic E-state index is 12.1. The van der Waals surface area contributed by atoms with Crippen molar-refractivity contribution in [3.63, 3.8) is 0 Å². The highest BCUT2D eigenvalue weighted by Crippen LogP contribution is 2.13. The van der Waals surface area contributed by atoms with Gasteiger partial charge in [-0.1, -0.05) is 0 Å². The van der Waals surface area contributed by atoms with Crippen LogP contribution in [0.5, 0.6) is 0 Å². The van der Waals surface area contributed by atoms with Gasteiger partial charge >= 0.3 is 0 Å². The molecule has 0 heterocycles. The fraction of sp³-hybridized carbons (Fsp3) is 0.286. The summed E-state index contributed by atoms with van der Waals surface area (Å²) in [6.45, 7) is -0.0954. The summed E-state index contributed by atoms with van der Waals surface area (Å²) in [7, 11) is -3.83. The van der Waals surface area contributed by atoms with E-state index in [1.54, 1.807) is 6.07 Å². The zero-order valence-electron chi connectivity index (χ0n) is 12.7. The van der Waals surface area contributed by atoms with Crippen molar-refractivity contribution in [1.29, 1.82) is 5.26 Å². The zero-order chi connectivity index (χ0) is 18.2. The summed E-state index contributed by atoms with van der Waals surface area (Å²) < 4.78 is 22.3. The lowest BCUT2D eigenvalue weighted by Gasteiger charge is -2.18. The molecule has 1 rings (SSSR count). The number of primary sulfonamides is 1. The molecule has 130 valence electrons. The van der Waals surface area contributed by atoms with Gasteiger partial charge in [0, 0.05) is 25.0 Å². The van der Waals surface area contributed by atoms with Crippen molar-refractivity contribution in [2.45, 2.75) is 4.90 Å². The van der Waals surface area contributed by atoms with Crippen LogP contribution in [0.1, 0.15) is 0 Å². The number of carbonyl (C=O) groups is 1. The molecule has 9 nitrogen and oxygen atoms in total. The van der Waals surface area contributed by atoms with E-state index in [9.17, 15) is 13.2 Å². The third-order valence-electron chi connectivity index (χ3n) is 2.89. The van der Waals surface area contributed by atoms with Gasteiger partial charge in [0.15, 0.2) is 0 Å². The van der Waals surface area contributed by atoms with E-state index in [-0.39, 0.29) is 42.5 Å². The van der Waals surface area contributed by atoms with Gasteiger partial charge in [-0.3, -0.25) is 4.79 Å². The largest absolute Gasteiger partial charge is 0.395 e. The normalized spacial score (nSPS) is 11.7. The topological polar surface area (TPSA) is 157 Å². The lowest BCUT2D eigenvalue weighted by molar-refractivity contribution is -0.112. The first-order valence-electron chi connectivity index (χ1n) is 6.83. The van der Waals surface area contributed by atoms with Crippen LogP contribution in [0.4, 0.5) is 5.69 Å². The van der Waals surface area contributed by atoms with Gasteiger partial charge in [-0.05, 0) is 24.3 Å². The average Bonchev–Trinajstić information content (AvgIpc) is 2.52. The number of nitriles is 1. The van der Waals surface area contributed by atoms with Crippen LogP contribution >= 0.6 is 0 Å². The predicted molar refractivity (Wildman–Crippen MR) is 85.9 cm³/mol. The van der Waals surface area contributed by atoms with E-state index in [0.717, 1.165) is 0 Å². The van der Waals surface area contributed by atoms with Gasteiger partial charge < -0.3 is 20.4 Å². The first-order chi connectivity index (χ1) is 11.3. The number of hydrogen-bond acceptors (Lipinski definition) is 7. The van der Waals surface area contributed by atoms with Crippen LogP contribution in [0, 0.1) is 11.3 Å². The standard InChI is InChI=1S/C14H18N4O5S/c15-9-11(10-18(5-7-19)6-8-20)14(21)17-12-1-3-13(4-2-12)24(16,22)23/h1-4,10,19-20H,5-8H2,(H,17,21)(H2,16,22,23)/b11-10-. The SMILES string of the molecule is N#C/C(=C/N(CCO)CCO)C(=O)Nc1ccc(S(N)(=O)=O)cc1. The minimum absolute atomic E-state index is 0.103. The van der Waals surface area contributed by atoms with Crippen LogP contribution in [-0.2, 0) is 14.8 Å². The van der Waals surface area contributed by atoms with Crippen LogP contribution in [0.25, 0.3) is 0 Å². The molecule has 1 amide bonds. The molecule has 0 aliphatic rings. The molecule has 1 aromatic carbocycles. The fourth-order valence-corrected chi connectivity index (χ4v) is 2.26. The minimum atomic E-state index is -3.83. The molecule has 0 saturated carbocycles. The van der Waals surface area contributed by atoms with Crippen LogP contribution in [0.15, 0.2) is 40.9 Å². The number of aliphatic hydroxyl groups is 2. The first-order valence-corrected chi connectivity index (χ1v) is 8.38. The summed E-state index contributed by atoms with van der Waals surface area (Å²) in [6.07, 6.45) is 1.24. The van der Waals surface area contributed by atoms with Crippen molar-refractivity contribution >= 4 is 21.6 Å². The summed E-state index contributed by atoms with van der Waals surface area (Å²) >= 11 is 0. The molecule has 10 heteroatoms. The molecule has 24 heavy (non-hydrogen) atoms. The van der Waals surface area contributed by atoms with E-state index >= 15 is 0 Å². The second kappa shape index (κ2) is 8.99. The Hall–Kier alpha value is -2.45. The summed E-state index contributed by atoms with van der Waals surface area (Å²) in [5.74, 6) is -0.707. The Morgan fingerprint density at radius 3 is 2.21 bits per heavy atom. The monoisotopic (exact) mass is 354 g/mol. The van der Waals surface area contributed by atoms with E-state index in [4.69, 9.17) is 20.6 Å². The highest BCUT2D eigenvalue weighted by atomic mass is 32.2. The number of carbonyl (C=O) groups excluding carboxylic acids is 1. The Labute approximate surface area is 139 Å². The summed E-state index contributed by atoms with van der Waals surface area (Å²) in [6, 6.07) is 6.86. The lowest BCUT2D eigenvalue weighted by atomic mass is 10.2. The van der Waals surface area contributed by atoms with Gasteiger partial charge in [0.1, 0.15) is 11.6 Å². The third-order valence-corrected chi connectivity index (χ3v) is 3.82. The van der Waals surface area contributed by atoms with Crippen LogP contribution in [0.2, 0.25) is 0 Å². The van der Waals surface area contributed by atoms with Gasteiger partial charge in [0.05, 0.1) is 18.1 Å². The third kappa shape index (κ3) is 5.98. The number of benzene rings is 1. The van der Waals surface area contributed by atoms with Crippen LogP contribution in [-0.4, -0.2) is 55.7 Å². The van der Waals surface area contributed by atoms with Crippen LogP contribution < -0.4 is 10.5 Å². The summed E-state index contributed by atoms with van der Waals surface area (Å²) in [5, 5.41) is 34.3. The van der Waals surface area contributed by atoms with Gasteiger partial charge in [0.2, 0.25) is 10.0 Å². The van der Waals surface area contributed by atoms with Crippen molar-refractivity contribution in [1.82, 2.24) is 4.90 Å². The Balaban J connectivity index is 2.89. The summed E-state index contributed by atoms with van der Waals surface area (Å²) in [5.41, 5.74) is 0.0526. The number of anilines is 1. The molecule has 0 bridgehead atoms. The van der Waals surface area contributed by atoms with Crippen molar-refractivity contribution in [3.05, 3.63) is 36.0 Å². The predicted octanol–water partition coefficient (Wildman–Crippen LogP) is -1.03. The maximum atomic E-state index is 12.1. The Kier molecular flexibility index (Phi) is 7.34. The number of sulfonamides is 1. The van der Waals surface area contributed by atoms with Crippen molar-refractivity contribution in [2.75, 3.05) is 31.6 Å². The van der Waals surface area contributed by atoms with Crippen molar-refractivity contribution in [3.8, 4) is 6.07 Å². The first kappa shape index (κ1) is 19.6. The van der Waals surface area contributed by atoms with E-state index in [2.05, 4.69) is 5.32 Å². The van der Waals surface area contributed by atoms with Crippen LogP contribution in [0.3, 0.4) is 0 Å². The molecule has 0 aromatic heterocycles. The second-order valence-electron chi connectivity index (χ2n) is 4.66. The Bertz CT molecular complexity index is 731. The number of nitrogens with one attached hydrogen (secondary N) is 1. The number of hydrogen-bond donors (Lipinski definition) is 4. The van der Waals surface area contributed by atoms with E-state index in [1.807, 2.05) is 0 Å². The molecule has 1 aromatic rings. The molecule has 5 N–H and O–H groups in total. The number of rotatable bonds is 8. The fourth-order valence-electron chi connectivity index (χ4n) is 1.75. The van der Waals surface area contributed by atoms with E-state index < -0.39 is 15.9 Å². The molecular weight excluding hydrogens is 336 g/mol. The van der Waals surface area contributed by atoms with Gasteiger partial charge in [-0.15, -0.1) is 0 Å². The number of nitrogens with two attached hydrogens (primary N) is 1. The number of aliphatic hydroxyl groups excluding tert-OH is 2. The Morgan fingerprint density at radius 1 is 1.25 bits per heavy atom. The van der Waals surface area contributed by atoms with Gasteiger partial charge in [0.25, 0.3) is 5.91 Å². The molecule has 0 aliphatic heterocycles. The highest BCUT2D eigenvalue weighted by Gasteiger charge is 2.13. The number of amides is 1. The highest BCUT2D eigenvalue weighted by molar-refractivity contribution is 7.89. The molecule has 0 unspecified atom stereocenters. The minimum Gasteiger partial charge on any atom is -0.395 e. The molecule has 0 saturated heterocycles. The van der Waals surface area contributed by atoms with Gasteiger partial charge in [-0.25, -0.2) is 13.6 Å². The van der Waals surface area contributed by atoms with E-state index in [0.29, 0.717) is 0 Å². The summed E-state index contributed by atoms with van der Waals surface area (Å²) in [4.78, 5) is 13.4. The molecular formula is C14H18N4O5S. The average molecular weight is 354 g/mol. The molecule has 0 fully saturated rings. The Morgan fingerprint density at radius 2 is 1.79 bits per heavy atom. The molecule has 0 radical (unpaired) electrons.